The predicted octanol–water partition coefficient (Wildman–Crippen LogP) is 2.04. The summed E-state index contributed by atoms with van der Waals surface area (Å²) < 4.78 is 54.1. The lowest BCUT2D eigenvalue weighted by Gasteiger charge is -2.31. The average Bonchev–Trinajstić information content (AvgIpc) is 3.33. The smallest absolute Gasteiger partial charge is 0.281 e. The third-order valence-electron chi connectivity index (χ3n) is 6.56. The molecule has 0 radical (unpaired) electrons. The molecule has 2 aliphatic rings. The van der Waals surface area contributed by atoms with Crippen LogP contribution in [0.5, 0.6) is 11.5 Å². The van der Waals surface area contributed by atoms with Crippen LogP contribution < -0.4 is 15.0 Å². The number of sulfonamides is 1. The number of halogens is 1. The number of benzene rings is 2. The van der Waals surface area contributed by atoms with Crippen LogP contribution in [0.2, 0.25) is 0 Å². The summed E-state index contributed by atoms with van der Waals surface area (Å²) in [5.41, 5.74) is 0.695. The quantitative estimate of drug-likeness (QED) is 0.418. The molecule has 4 aromatic rings. The van der Waals surface area contributed by atoms with Gasteiger partial charge < -0.3 is 14.5 Å². The number of piperidine rings is 1. The van der Waals surface area contributed by atoms with E-state index in [1.54, 1.807) is 18.2 Å². The van der Waals surface area contributed by atoms with Crippen molar-refractivity contribution in [3.05, 3.63) is 70.0 Å². The number of hydrogen-bond donors (Lipinski definition) is 1. The molecule has 6 rings (SSSR count). The van der Waals surface area contributed by atoms with Gasteiger partial charge in [0.2, 0.25) is 10.0 Å². The first kappa shape index (κ1) is 23.6. The van der Waals surface area contributed by atoms with Crippen LogP contribution >= 0.6 is 0 Å². The standard InChI is InChI=1S/C24H23FN6O5S/c25-17-5-3-15(4-6-17)13-31-23-21(28-29-31)24(32)27-22(26-23)16-2-1-9-30(14-16)37(33,34)18-7-8-19-20(12-18)36-11-10-35-19/h3-8,12,16H,1-2,9-11,13-14H2,(H,26,27,32). The summed E-state index contributed by atoms with van der Waals surface area (Å²) in [5.74, 6) is 0.619. The largest absolute Gasteiger partial charge is 0.486 e. The molecule has 0 aliphatic carbocycles. The van der Waals surface area contributed by atoms with Crippen molar-refractivity contribution in [3.63, 3.8) is 0 Å². The lowest BCUT2D eigenvalue weighted by Crippen LogP contribution is -2.40. The summed E-state index contributed by atoms with van der Waals surface area (Å²) in [5, 5.41) is 8.00. The highest BCUT2D eigenvalue weighted by atomic mass is 32.2. The fraction of sp³-hybridized carbons (Fsp3) is 0.333. The summed E-state index contributed by atoms with van der Waals surface area (Å²) in [6.07, 6.45) is 1.25. The first-order chi connectivity index (χ1) is 17.9. The Hall–Kier alpha value is -3.84. The normalized spacial score (nSPS) is 18.2. The van der Waals surface area contributed by atoms with Crippen molar-refractivity contribution >= 4 is 21.2 Å². The van der Waals surface area contributed by atoms with Gasteiger partial charge in [0.15, 0.2) is 22.7 Å². The Bertz CT molecular complexity index is 1640. The van der Waals surface area contributed by atoms with Crippen LogP contribution in [0.1, 0.15) is 30.1 Å². The number of nitrogens with zero attached hydrogens (tertiary/aromatic N) is 5. The molecule has 1 unspecified atom stereocenters. The molecular formula is C24H23FN6O5S. The average molecular weight is 527 g/mol. The van der Waals surface area contributed by atoms with Crippen LogP contribution in [0.3, 0.4) is 0 Å². The van der Waals surface area contributed by atoms with Crippen molar-refractivity contribution in [2.24, 2.45) is 0 Å². The Morgan fingerprint density at radius 3 is 2.68 bits per heavy atom. The fourth-order valence-electron chi connectivity index (χ4n) is 4.66. The minimum atomic E-state index is -3.81. The number of H-pyrrole nitrogens is 1. The van der Waals surface area contributed by atoms with E-state index >= 15 is 0 Å². The van der Waals surface area contributed by atoms with Gasteiger partial charge >= 0.3 is 0 Å². The zero-order valence-electron chi connectivity index (χ0n) is 19.6. The number of ether oxygens (including phenoxy) is 2. The summed E-state index contributed by atoms with van der Waals surface area (Å²) >= 11 is 0. The van der Waals surface area contributed by atoms with Gasteiger partial charge in [-0.05, 0) is 42.7 Å². The molecule has 2 aliphatic heterocycles. The maximum atomic E-state index is 13.5. The number of fused-ring (bicyclic) bond motifs is 2. The molecule has 0 amide bonds. The van der Waals surface area contributed by atoms with Gasteiger partial charge in [-0.2, -0.15) is 4.31 Å². The lowest BCUT2D eigenvalue weighted by molar-refractivity contribution is 0.171. The molecule has 0 saturated carbocycles. The van der Waals surface area contributed by atoms with Crippen LogP contribution in [0.4, 0.5) is 4.39 Å². The number of rotatable bonds is 5. The van der Waals surface area contributed by atoms with E-state index in [0.717, 1.165) is 5.56 Å². The summed E-state index contributed by atoms with van der Waals surface area (Å²) in [7, 11) is -3.81. The number of hydrogen-bond acceptors (Lipinski definition) is 8. The maximum Gasteiger partial charge on any atom is 0.281 e. The van der Waals surface area contributed by atoms with Crippen molar-refractivity contribution in [2.75, 3.05) is 26.3 Å². The highest BCUT2D eigenvalue weighted by Gasteiger charge is 2.33. The van der Waals surface area contributed by atoms with Crippen molar-refractivity contribution in [3.8, 4) is 11.5 Å². The molecule has 192 valence electrons. The van der Waals surface area contributed by atoms with Gasteiger partial charge in [0.1, 0.15) is 24.9 Å². The van der Waals surface area contributed by atoms with Gasteiger partial charge in [-0.3, -0.25) is 4.79 Å². The van der Waals surface area contributed by atoms with Crippen molar-refractivity contribution in [1.82, 2.24) is 29.3 Å². The molecule has 11 nitrogen and oxygen atoms in total. The number of aromatic amines is 1. The van der Waals surface area contributed by atoms with E-state index in [1.165, 1.54) is 33.3 Å². The number of aromatic nitrogens is 5. The van der Waals surface area contributed by atoms with Crippen LogP contribution in [0.15, 0.2) is 52.2 Å². The monoisotopic (exact) mass is 526 g/mol. The summed E-state index contributed by atoms with van der Waals surface area (Å²) in [4.78, 5) is 20.3. The summed E-state index contributed by atoms with van der Waals surface area (Å²) in [6, 6.07) is 10.5. The zero-order chi connectivity index (χ0) is 25.6. The van der Waals surface area contributed by atoms with Gasteiger partial charge in [0, 0.05) is 25.1 Å². The van der Waals surface area contributed by atoms with E-state index in [9.17, 15) is 17.6 Å². The molecule has 0 bridgehead atoms. The molecule has 1 saturated heterocycles. The minimum absolute atomic E-state index is 0.0856. The van der Waals surface area contributed by atoms with Gasteiger partial charge in [-0.25, -0.2) is 22.5 Å². The molecule has 1 atom stereocenters. The molecule has 1 fully saturated rings. The van der Waals surface area contributed by atoms with E-state index in [1.807, 2.05) is 0 Å². The van der Waals surface area contributed by atoms with Crippen molar-refractivity contribution < 1.29 is 22.3 Å². The van der Waals surface area contributed by atoms with Gasteiger partial charge in [0.05, 0.1) is 11.4 Å². The summed E-state index contributed by atoms with van der Waals surface area (Å²) in [6.45, 7) is 1.54. The van der Waals surface area contributed by atoms with Gasteiger partial charge in [-0.1, -0.05) is 17.3 Å². The van der Waals surface area contributed by atoms with E-state index in [4.69, 9.17) is 9.47 Å². The lowest BCUT2D eigenvalue weighted by atomic mass is 9.99. The predicted molar refractivity (Wildman–Crippen MR) is 130 cm³/mol. The third-order valence-corrected chi connectivity index (χ3v) is 8.42. The number of nitrogens with one attached hydrogen (secondary N) is 1. The first-order valence-corrected chi connectivity index (χ1v) is 13.3. The van der Waals surface area contributed by atoms with Crippen LogP contribution in [0.25, 0.3) is 11.2 Å². The Labute approximate surface area is 210 Å². The van der Waals surface area contributed by atoms with Gasteiger partial charge in [0.25, 0.3) is 5.56 Å². The SMILES string of the molecule is O=c1[nH]c(C2CCCN(S(=O)(=O)c3ccc4c(c3)OCCO4)C2)nc2c1nnn2Cc1ccc(F)cc1. The third kappa shape index (κ3) is 4.44. The Morgan fingerprint density at radius 1 is 1.08 bits per heavy atom. The second-order valence-electron chi connectivity index (χ2n) is 9.00. The fourth-order valence-corrected chi connectivity index (χ4v) is 6.20. The highest BCUT2D eigenvalue weighted by Crippen LogP contribution is 2.35. The van der Waals surface area contributed by atoms with E-state index < -0.39 is 15.6 Å². The molecule has 2 aromatic heterocycles. The van der Waals surface area contributed by atoms with Crippen molar-refractivity contribution in [1.29, 1.82) is 0 Å². The molecular weight excluding hydrogens is 503 g/mol. The molecule has 2 aromatic carbocycles. The Kier molecular flexibility index (Phi) is 5.88. The Morgan fingerprint density at radius 2 is 1.86 bits per heavy atom. The second-order valence-corrected chi connectivity index (χ2v) is 10.9. The van der Waals surface area contributed by atoms with Crippen LogP contribution in [-0.4, -0.2) is 64.0 Å². The van der Waals surface area contributed by atoms with Gasteiger partial charge in [-0.15, -0.1) is 5.10 Å². The van der Waals surface area contributed by atoms with E-state index in [2.05, 4.69) is 20.3 Å². The molecule has 4 heterocycles. The topological polar surface area (TPSA) is 132 Å². The van der Waals surface area contributed by atoms with Crippen molar-refractivity contribution in [2.45, 2.75) is 30.2 Å². The minimum Gasteiger partial charge on any atom is -0.486 e. The van der Waals surface area contributed by atoms with E-state index in [0.29, 0.717) is 49.9 Å². The molecule has 37 heavy (non-hydrogen) atoms. The molecule has 1 N–H and O–H groups in total. The van der Waals surface area contributed by atoms with Crippen LogP contribution in [-0.2, 0) is 16.6 Å². The second kappa shape index (κ2) is 9.23. The Balaban J connectivity index is 1.28. The molecule has 13 heteroatoms. The first-order valence-electron chi connectivity index (χ1n) is 11.9. The van der Waals surface area contributed by atoms with E-state index in [-0.39, 0.29) is 40.9 Å². The molecule has 0 spiro atoms. The highest BCUT2D eigenvalue weighted by molar-refractivity contribution is 7.89. The van der Waals surface area contributed by atoms with Crippen LogP contribution in [0, 0.1) is 5.82 Å². The maximum absolute atomic E-state index is 13.5. The zero-order valence-corrected chi connectivity index (χ0v) is 20.4.